The van der Waals surface area contributed by atoms with Gasteiger partial charge in [0.1, 0.15) is 6.04 Å². The molecule has 98 valence electrons. The van der Waals surface area contributed by atoms with E-state index in [1.165, 1.54) is 0 Å². The summed E-state index contributed by atoms with van der Waals surface area (Å²) in [4.78, 5) is 24.9. The molecule has 0 aromatic carbocycles. The maximum Gasteiger partial charge on any atom is 0.327 e. The van der Waals surface area contributed by atoms with Gasteiger partial charge >= 0.3 is 5.97 Å². The van der Waals surface area contributed by atoms with Gasteiger partial charge in [-0.05, 0) is 11.8 Å². The van der Waals surface area contributed by atoms with Crippen molar-refractivity contribution in [3.05, 3.63) is 0 Å². The van der Waals surface area contributed by atoms with Crippen molar-refractivity contribution in [2.75, 3.05) is 5.75 Å². The summed E-state index contributed by atoms with van der Waals surface area (Å²) in [5.41, 5.74) is -0.105. The topological polar surface area (TPSA) is 57.6 Å². The minimum Gasteiger partial charge on any atom is -0.480 e. The molecule has 1 heterocycles. The molecule has 1 aliphatic rings. The van der Waals surface area contributed by atoms with E-state index in [-0.39, 0.29) is 16.7 Å². The molecular formula is C12H21NO3S. The molecule has 1 aliphatic heterocycles. The third-order valence-corrected chi connectivity index (χ3v) is 4.15. The molecule has 1 rings (SSSR count). The number of carbonyl (C=O) groups excluding carboxylic acids is 1. The predicted molar refractivity (Wildman–Crippen MR) is 68.9 cm³/mol. The van der Waals surface area contributed by atoms with Gasteiger partial charge in [-0.15, -0.1) is 11.8 Å². The normalized spacial score (nSPS) is 25.1. The van der Waals surface area contributed by atoms with Crippen LogP contribution < -0.4 is 0 Å². The van der Waals surface area contributed by atoms with Gasteiger partial charge in [-0.1, -0.05) is 27.7 Å². The van der Waals surface area contributed by atoms with Gasteiger partial charge in [0.05, 0.1) is 5.37 Å². The second-order valence-corrected chi connectivity index (χ2v) is 6.80. The van der Waals surface area contributed by atoms with Crippen LogP contribution in [0.25, 0.3) is 0 Å². The zero-order valence-corrected chi connectivity index (χ0v) is 11.7. The first kappa shape index (κ1) is 14.4. The van der Waals surface area contributed by atoms with E-state index in [2.05, 4.69) is 0 Å². The molecule has 2 atom stereocenters. The van der Waals surface area contributed by atoms with Crippen molar-refractivity contribution in [3.8, 4) is 0 Å². The number of carboxylic acid groups (broad SMARTS) is 1. The summed E-state index contributed by atoms with van der Waals surface area (Å²) in [6, 6.07) is -0.653. The number of hydrogen-bond acceptors (Lipinski definition) is 3. The minimum absolute atomic E-state index is 0.0194. The molecule has 0 aromatic heterocycles. The van der Waals surface area contributed by atoms with Crippen LogP contribution in [0.1, 0.15) is 40.5 Å². The third kappa shape index (κ3) is 3.63. The Bertz CT molecular complexity index is 311. The molecule has 5 heteroatoms. The molecule has 1 amide bonds. The Kier molecular flexibility index (Phi) is 4.47. The quantitative estimate of drug-likeness (QED) is 0.844. The van der Waals surface area contributed by atoms with Gasteiger partial charge < -0.3 is 10.0 Å². The zero-order valence-electron chi connectivity index (χ0n) is 10.9. The van der Waals surface area contributed by atoms with E-state index >= 15 is 0 Å². The molecule has 17 heavy (non-hydrogen) atoms. The fourth-order valence-corrected chi connectivity index (χ4v) is 3.32. The minimum atomic E-state index is -0.893. The van der Waals surface area contributed by atoms with Crippen LogP contribution in [-0.2, 0) is 9.59 Å². The summed E-state index contributed by atoms with van der Waals surface area (Å²) >= 11 is 1.57. The summed E-state index contributed by atoms with van der Waals surface area (Å²) in [6.45, 7) is 7.96. The third-order valence-electron chi connectivity index (χ3n) is 2.70. The van der Waals surface area contributed by atoms with Crippen molar-refractivity contribution in [1.82, 2.24) is 4.90 Å². The number of amides is 1. The largest absolute Gasteiger partial charge is 0.480 e. The van der Waals surface area contributed by atoms with Crippen molar-refractivity contribution in [3.63, 3.8) is 0 Å². The van der Waals surface area contributed by atoms with E-state index in [0.29, 0.717) is 12.2 Å². The number of thioether (sulfide) groups is 1. The SMILES string of the molecule is CCC1SCC(C(=O)O)N1C(=O)CC(C)(C)C. The van der Waals surface area contributed by atoms with Crippen molar-refractivity contribution >= 4 is 23.6 Å². The Balaban J connectivity index is 2.82. The summed E-state index contributed by atoms with van der Waals surface area (Å²) in [5.74, 6) is -0.429. The highest BCUT2D eigenvalue weighted by Crippen LogP contribution is 2.33. The summed E-state index contributed by atoms with van der Waals surface area (Å²) < 4.78 is 0. The molecular weight excluding hydrogens is 238 g/mol. The van der Waals surface area contributed by atoms with Crippen molar-refractivity contribution in [1.29, 1.82) is 0 Å². The Labute approximate surface area is 107 Å². The smallest absolute Gasteiger partial charge is 0.327 e. The molecule has 0 saturated carbocycles. The lowest BCUT2D eigenvalue weighted by molar-refractivity contribution is -0.149. The first-order chi connectivity index (χ1) is 7.76. The van der Waals surface area contributed by atoms with E-state index in [4.69, 9.17) is 5.11 Å². The van der Waals surface area contributed by atoms with E-state index in [9.17, 15) is 9.59 Å². The van der Waals surface area contributed by atoms with Gasteiger partial charge in [-0.2, -0.15) is 0 Å². The fourth-order valence-electron chi connectivity index (χ4n) is 1.95. The fraction of sp³-hybridized carbons (Fsp3) is 0.833. The molecule has 0 aromatic rings. The van der Waals surface area contributed by atoms with E-state index in [1.54, 1.807) is 16.7 Å². The lowest BCUT2D eigenvalue weighted by Crippen LogP contribution is -2.46. The monoisotopic (exact) mass is 259 g/mol. The van der Waals surface area contributed by atoms with E-state index < -0.39 is 12.0 Å². The first-order valence-electron chi connectivity index (χ1n) is 5.92. The molecule has 0 bridgehead atoms. The number of rotatable bonds is 3. The van der Waals surface area contributed by atoms with Crippen LogP contribution >= 0.6 is 11.8 Å². The highest BCUT2D eigenvalue weighted by Gasteiger charge is 2.41. The average Bonchev–Trinajstić information content (AvgIpc) is 2.57. The Hall–Kier alpha value is -0.710. The van der Waals surface area contributed by atoms with Gasteiger partial charge in [-0.3, -0.25) is 4.79 Å². The number of carbonyl (C=O) groups is 2. The molecule has 0 radical (unpaired) electrons. The van der Waals surface area contributed by atoms with Gasteiger partial charge in [-0.25, -0.2) is 4.79 Å². The molecule has 1 saturated heterocycles. The van der Waals surface area contributed by atoms with Gasteiger partial charge in [0.15, 0.2) is 0 Å². The van der Waals surface area contributed by atoms with Crippen molar-refractivity contribution in [2.45, 2.75) is 52.0 Å². The van der Waals surface area contributed by atoms with Crippen LogP contribution in [0.15, 0.2) is 0 Å². The van der Waals surface area contributed by atoms with Crippen LogP contribution in [0.3, 0.4) is 0 Å². The van der Waals surface area contributed by atoms with Crippen LogP contribution in [0.4, 0.5) is 0 Å². The summed E-state index contributed by atoms with van der Waals surface area (Å²) in [6.07, 6.45) is 1.19. The maximum atomic E-state index is 12.2. The van der Waals surface area contributed by atoms with Crippen molar-refractivity contribution < 1.29 is 14.7 Å². The van der Waals surface area contributed by atoms with Gasteiger partial charge in [0, 0.05) is 12.2 Å². The Morgan fingerprint density at radius 2 is 2.00 bits per heavy atom. The summed E-state index contributed by atoms with van der Waals surface area (Å²) in [5, 5.41) is 9.16. The van der Waals surface area contributed by atoms with Crippen LogP contribution in [0.5, 0.6) is 0 Å². The summed E-state index contributed by atoms with van der Waals surface area (Å²) in [7, 11) is 0. The van der Waals surface area contributed by atoms with Crippen molar-refractivity contribution in [2.24, 2.45) is 5.41 Å². The van der Waals surface area contributed by atoms with Crippen LogP contribution in [0, 0.1) is 5.41 Å². The Morgan fingerprint density at radius 3 is 2.41 bits per heavy atom. The molecule has 1 N–H and O–H groups in total. The standard InChI is InChI=1S/C12H21NO3S/c1-5-10-13(8(7-17-10)11(15)16)9(14)6-12(2,3)4/h8,10H,5-7H2,1-4H3,(H,15,16). The van der Waals surface area contributed by atoms with Gasteiger partial charge in [0.2, 0.25) is 5.91 Å². The Morgan fingerprint density at radius 1 is 1.41 bits per heavy atom. The number of aliphatic carboxylic acids is 1. The number of carboxylic acids is 1. The molecule has 0 spiro atoms. The number of nitrogens with zero attached hydrogens (tertiary/aromatic N) is 1. The molecule has 4 nitrogen and oxygen atoms in total. The highest BCUT2D eigenvalue weighted by atomic mass is 32.2. The lowest BCUT2D eigenvalue weighted by atomic mass is 9.91. The second kappa shape index (κ2) is 5.29. The lowest BCUT2D eigenvalue weighted by Gasteiger charge is -2.29. The molecule has 1 fully saturated rings. The van der Waals surface area contributed by atoms with Crippen LogP contribution in [0.2, 0.25) is 0 Å². The first-order valence-corrected chi connectivity index (χ1v) is 6.96. The van der Waals surface area contributed by atoms with Crippen LogP contribution in [-0.4, -0.2) is 39.1 Å². The van der Waals surface area contributed by atoms with E-state index in [0.717, 1.165) is 6.42 Å². The molecule has 0 aliphatic carbocycles. The second-order valence-electron chi connectivity index (χ2n) is 5.59. The average molecular weight is 259 g/mol. The highest BCUT2D eigenvalue weighted by molar-refractivity contribution is 8.00. The predicted octanol–water partition coefficient (Wildman–Crippen LogP) is 2.19. The maximum absolute atomic E-state index is 12.2. The van der Waals surface area contributed by atoms with Gasteiger partial charge in [0.25, 0.3) is 0 Å². The molecule has 2 unspecified atom stereocenters. The zero-order chi connectivity index (χ0) is 13.2. The van der Waals surface area contributed by atoms with E-state index in [1.807, 2.05) is 27.7 Å². The number of hydrogen-bond donors (Lipinski definition) is 1.